The van der Waals surface area contributed by atoms with Crippen LogP contribution in [0.25, 0.3) is 10.9 Å². The molecule has 1 aromatic heterocycles. The lowest BCUT2D eigenvalue weighted by Crippen LogP contribution is -2.42. The molecule has 3 heterocycles. The number of ether oxygens (including phenoxy) is 1. The normalized spacial score (nSPS) is 26.6. The van der Waals surface area contributed by atoms with E-state index in [1.807, 2.05) is 35.2 Å². The predicted molar refractivity (Wildman–Crippen MR) is 86.0 cm³/mol. The molecule has 0 saturated carbocycles. The molecule has 0 aliphatic carbocycles. The van der Waals surface area contributed by atoms with Crippen molar-refractivity contribution < 1.29 is 14.3 Å². The molecule has 0 spiro atoms. The maximum absolute atomic E-state index is 12.9. The highest BCUT2D eigenvalue weighted by molar-refractivity contribution is 5.98. The van der Waals surface area contributed by atoms with Crippen LogP contribution in [0.1, 0.15) is 36.7 Å². The number of benzene rings is 1. The summed E-state index contributed by atoms with van der Waals surface area (Å²) in [7, 11) is 0. The smallest absolute Gasteiger partial charge is 0.311 e. The Bertz CT molecular complexity index is 733. The largest absolute Gasteiger partial charge is 0.460 e. The third-order valence-electron chi connectivity index (χ3n) is 5.00. The quantitative estimate of drug-likeness (QED) is 0.886. The number of nitrogens with one attached hydrogen (secondary N) is 1. The Morgan fingerprint density at radius 2 is 2.22 bits per heavy atom. The van der Waals surface area contributed by atoms with Gasteiger partial charge in [0.1, 0.15) is 11.8 Å². The van der Waals surface area contributed by atoms with Gasteiger partial charge in [-0.15, -0.1) is 0 Å². The topological polar surface area (TPSA) is 62.4 Å². The zero-order chi connectivity index (χ0) is 16.0. The van der Waals surface area contributed by atoms with E-state index in [2.05, 4.69) is 11.9 Å². The molecule has 4 rings (SSSR count). The monoisotopic (exact) mass is 312 g/mol. The van der Waals surface area contributed by atoms with Gasteiger partial charge in [0, 0.05) is 23.9 Å². The lowest BCUT2D eigenvalue weighted by molar-refractivity contribution is -0.144. The van der Waals surface area contributed by atoms with E-state index in [9.17, 15) is 9.59 Å². The Labute approximate surface area is 134 Å². The van der Waals surface area contributed by atoms with Gasteiger partial charge >= 0.3 is 5.97 Å². The molecule has 0 radical (unpaired) electrons. The number of nitrogens with zero attached hydrogens (tertiary/aromatic N) is 1. The summed E-state index contributed by atoms with van der Waals surface area (Å²) in [6.07, 6.45) is 2.30. The third-order valence-corrected chi connectivity index (χ3v) is 5.00. The minimum Gasteiger partial charge on any atom is -0.460 e. The maximum Gasteiger partial charge on any atom is 0.311 e. The molecule has 1 amide bonds. The fourth-order valence-electron chi connectivity index (χ4n) is 3.95. The van der Waals surface area contributed by atoms with Gasteiger partial charge in [0.25, 0.3) is 5.91 Å². The van der Waals surface area contributed by atoms with Crippen LogP contribution >= 0.6 is 0 Å². The number of hydrogen-bond acceptors (Lipinski definition) is 3. The Kier molecular flexibility index (Phi) is 3.36. The lowest BCUT2D eigenvalue weighted by atomic mass is 9.94. The first-order valence-corrected chi connectivity index (χ1v) is 8.28. The zero-order valence-corrected chi connectivity index (χ0v) is 13.1. The highest BCUT2D eigenvalue weighted by Crippen LogP contribution is 2.37. The van der Waals surface area contributed by atoms with Crippen LogP contribution in [-0.2, 0) is 9.53 Å². The number of rotatable bonds is 3. The summed E-state index contributed by atoms with van der Waals surface area (Å²) in [5.74, 6) is -0.357. The number of para-hydroxylation sites is 1. The van der Waals surface area contributed by atoms with Gasteiger partial charge < -0.3 is 14.6 Å². The van der Waals surface area contributed by atoms with Crippen molar-refractivity contribution in [3.63, 3.8) is 0 Å². The number of fused-ring (bicyclic) bond motifs is 2. The van der Waals surface area contributed by atoms with E-state index in [0.717, 1.165) is 30.2 Å². The van der Waals surface area contributed by atoms with Crippen molar-refractivity contribution in [3.8, 4) is 0 Å². The van der Waals surface area contributed by atoms with Crippen LogP contribution in [0.3, 0.4) is 0 Å². The fraction of sp³-hybridized carbons (Fsp3) is 0.444. The van der Waals surface area contributed by atoms with E-state index in [1.165, 1.54) is 0 Å². The number of aromatic nitrogens is 1. The minimum absolute atomic E-state index is 0.0342. The highest BCUT2D eigenvalue weighted by Gasteiger charge is 2.52. The van der Waals surface area contributed by atoms with Crippen LogP contribution in [0, 0.1) is 5.92 Å². The molecule has 2 aliphatic rings. The summed E-state index contributed by atoms with van der Waals surface area (Å²) < 4.78 is 5.48. The second-order valence-corrected chi connectivity index (χ2v) is 6.42. The molecule has 5 heteroatoms. The van der Waals surface area contributed by atoms with Gasteiger partial charge in [-0.25, -0.2) is 0 Å². The van der Waals surface area contributed by atoms with Gasteiger partial charge in [-0.1, -0.05) is 31.5 Å². The van der Waals surface area contributed by atoms with E-state index < -0.39 is 0 Å². The lowest BCUT2D eigenvalue weighted by Gasteiger charge is -2.25. The van der Waals surface area contributed by atoms with Crippen molar-refractivity contribution >= 4 is 22.8 Å². The summed E-state index contributed by atoms with van der Waals surface area (Å²) in [6, 6.07) is 9.62. The van der Waals surface area contributed by atoms with E-state index in [-0.39, 0.29) is 29.9 Å². The summed E-state index contributed by atoms with van der Waals surface area (Å²) in [6.45, 7) is 2.70. The standard InChI is InChI=1S/C18H20N2O3/c1-2-5-12-16-15(23-18(12)22)8-9-20(16)17(21)14-10-11-6-3-4-7-13(11)19-14/h3-4,6-7,10,12,15-16,19H,2,5,8-9H2,1H3. The number of hydrogen-bond donors (Lipinski definition) is 1. The van der Waals surface area contributed by atoms with Gasteiger partial charge in [0.2, 0.25) is 0 Å². The Hall–Kier alpha value is -2.30. The van der Waals surface area contributed by atoms with Crippen molar-refractivity contribution in [1.29, 1.82) is 0 Å². The van der Waals surface area contributed by atoms with Crippen LogP contribution in [0.2, 0.25) is 0 Å². The summed E-state index contributed by atoms with van der Waals surface area (Å²) in [4.78, 5) is 30.0. The van der Waals surface area contributed by atoms with Crippen LogP contribution in [0.4, 0.5) is 0 Å². The SMILES string of the molecule is CCCC1C(=O)OC2CCN(C(=O)c3cc4ccccc4[nH]3)C21. The van der Waals surface area contributed by atoms with E-state index in [4.69, 9.17) is 4.74 Å². The van der Waals surface area contributed by atoms with Gasteiger partial charge in [-0.05, 0) is 18.6 Å². The number of amides is 1. The zero-order valence-electron chi connectivity index (χ0n) is 13.1. The molecular weight excluding hydrogens is 292 g/mol. The van der Waals surface area contributed by atoms with E-state index in [1.54, 1.807) is 0 Å². The number of carbonyl (C=O) groups is 2. The molecule has 2 saturated heterocycles. The molecule has 2 fully saturated rings. The van der Waals surface area contributed by atoms with Gasteiger partial charge in [0.05, 0.1) is 12.0 Å². The first-order chi connectivity index (χ1) is 11.2. The number of H-pyrrole nitrogens is 1. The molecule has 2 aliphatic heterocycles. The maximum atomic E-state index is 12.9. The average Bonchev–Trinajstić information content (AvgIpc) is 3.22. The first kappa shape index (κ1) is 14.3. The van der Waals surface area contributed by atoms with Crippen molar-refractivity contribution in [2.24, 2.45) is 5.92 Å². The number of esters is 1. The van der Waals surface area contributed by atoms with Crippen LogP contribution < -0.4 is 0 Å². The summed E-state index contributed by atoms with van der Waals surface area (Å²) >= 11 is 0. The van der Waals surface area contributed by atoms with Gasteiger partial charge in [-0.3, -0.25) is 9.59 Å². The summed E-state index contributed by atoms with van der Waals surface area (Å²) in [5, 5.41) is 1.02. The number of likely N-dealkylation sites (tertiary alicyclic amines) is 1. The Morgan fingerprint density at radius 3 is 3.00 bits per heavy atom. The van der Waals surface area contributed by atoms with Crippen molar-refractivity contribution in [2.45, 2.75) is 38.3 Å². The highest BCUT2D eigenvalue weighted by atomic mass is 16.6. The molecule has 2 aromatic rings. The third kappa shape index (κ3) is 2.22. The Balaban J connectivity index is 1.64. The van der Waals surface area contributed by atoms with Gasteiger partial charge in [-0.2, -0.15) is 0 Å². The van der Waals surface area contributed by atoms with Crippen LogP contribution in [0.5, 0.6) is 0 Å². The predicted octanol–water partition coefficient (Wildman–Crippen LogP) is 2.72. The van der Waals surface area contributed by atoms with E-state index in [0.29, 0.717) is 12.2 Å². The molecule has 1 aromatic carbocycles. The van der Waals surface area contributed by atoms with Crippen molar-refractivity contribution in [2.75, 3.05) is 6.54 Å². The average molecular weight is 312 g/mol. The molecule has 5 nitrogen and oxygen atoms in total. The Morgan fingerprint density at radius 1 is 1.39 bits per heavy atom. The van der Waals surface area contributed by atoms with E-state index >= 15 is 0 Å². The number of aromatic amines is 1. The first-order valence-electron chi connectivity index (χ1n) is 8.28. The second-order valence-electron chi connectivity index (χ2n) is 6.42. The minimum atomic E-state index is -0.180. The van der Waals surface area contributed by atoms with Crippen LogP contribution in [0.15, 0.2) is 30.3 Å². The molecule has 23 heavy (non-hydrogen) atoms. The van der Waals surface area contributed by atoms with Gasteiger partial charge in [0.15, 0.2) is 0 Å². The van der Waals surface area contributed by atoms with Crippen molar-refractivity contribution in [3.05, 3.63) is 36.0 Å². The second kappa shape index (κ2) is 5.41. The summed E-state index contributed by atoms with van der Waals surface area (Å²) in [5.41, 5.74) is 1.54. The molecule has 3 atom stereocenters. The number of carbonyl (C=O) groups excluding carboxylic acids is 2. The fourth-order valence-corrected chi connectivity index (χ4v) is 3.95. The molecule has 1 N–H and O–H groups in total. The molecule has 120 valence electrons. The van der Waals surface area contributed by atoms with Crippen molar-refractivity contribution in [1.82, 2.24) is 9.88 Å². The van der Waals surface area contributed by atoms with Crippen LogP contribution in [-0.4, -0.2) is 40.5 Å². The molecule has 3 unspecified atom stereocenters. The molecule has 0 bridgehead atoms. The molecular formula is C18H20N2O3.